The maximum atomic E-state index is 12.9. The Morgan fingerprint density at radius 2 is 1.83 bits per heavy atom. The quantitative estimate of drug-likeness (QED) is 0.598. The van der Waals surface area contributed by atoms with Crippen molar-refractivity contribution in [1.82, 2.24) is 24.2 Å². The minimum Gasteiger partial charge on any atom is -0.329 e. The summed E-state index contributed by atoms with van der Waals surface area (Å²) in [4.78, 5) is 3.33. The van der Waals surface area contributed by atoms with Gasteiger partial charge >= 0.3 is 12.1 Å². The summed E-state index contributed by atoms with van der Waals surface area (Å²) in [6.45, 7) is 3.55. The molecule has 0 aliphatic carbocycles. The minimum absolute atomic E-state index is 0.0585. The van der Waals surface area contributed by atoms with Gasteiger partial charge in [0, 0.05) is 31.4 Å². The summed E-state index contributed by atoms with van der Waals surface area (Å²) in [5.74, 6) is -1.63. The Kier molecular flexibility index (Phi) is 5.50. The van der Waals surface area contributed by atoms with Crippen molar-refractivity contribution in [2.45, 2.75) is 37.6 Å². The summed E-state index contributed by atoms with van der Waals surface area (Å²) in [7, 11) is -2.19. The van der Waals surface area contributed by atoms with Crippen LogP contribution in [-0.4, -0.2) is 38.7 Å². The number of aryl methyl sites for hydroxylation is 1. The van der Waals surface area contributed by atoms with E-state index in [0.29, 0.717) is 11.1 Å². The van der Waals surface area contributed by atoms with Crippen molar-refractivity contribution in [2.24, 2.45) is 7.05 Å². The summed E-state index contributed by atoms with van der Waals surface area (Å²) in [5.41, 5.74) is 0.957. The van der Waals surface area contributed by atoms with Crippen LogP contribution in [0.2, 0.25) is 0 Å². The van der Waals surface area contributed by atoms with Gasteiger partial charge in [0.25, 0.3) is 10.0 Å². The van der Waals surface area contributed by atoms with E-state index in [4.69, 9.17) is 0 Å². The van der Waals surface area contributed by atoms with Crippen LogP contribution >= 0.6 is 0 Å². The molecule has 0 spiro atoms. The fraction of sp³-hybridized carbons (Fsp3) is 0.353. The number of benzene rings is 1. The lowest BCUT2D eigenvalue weighted by Crippen LogP contribution is -2.36. The monoisotopic (exact) mass is 429 g/mol. The number of alkyl halides is 3. The van der Waals surface area contributed by atoms with Crippen molar-refractivity contribution in [2.75, 3.05) is 0 Å². The normalized spacial score (nSPS) is 12.8. The second-order valence-corrected chi connectivity index (χ2v) is 8.43. The molecule has 2 aromatic heterocycles. The zero-order chi connectivity index (χ0) is 21.4. The van der Waals surface area contributed by atoms with Crippen molar-refractivity contribution in [1.29, 1.82) is 0 Å². The Bertz CT molecular complexity index is 1090. The number of rotatable bonds is 6. The Balaban J connectivity index is 1.82. The first kappa shape index (κ1) is 21.0. The maximum Gasteiger partial charge on any atom is 0.471 e. The first-order valence-corrected chi connectivity index (χ1v) is 9.94. The molecule has 0 aliphatic rings. The fourth-order valence-electron chi connectivity index (χ4n) is 2.59. The number of hydrogen-bond acceptors (Lipinski definition) is 6. The molecular weight excluding hydrogens is 411 g/mol. The van der Waals surface area contributed by atoms with Gasteiger partial charge in [-0.2, -0.15) is 27.6 Å². The average molecular weight is 429 g/mol. The number of halogens is 3. The summed E-state index contributed by atoms with van der Waals surface area (Å²) in [6, 6.07) is 7.29. The molecule has 2 heterocycles. The summed E-state index contributed by atoms with van der Waals surface area (Å²) < 4.78 is 70.5. The van der Waals surface area contributed by atoms with Crippen LogP contribution in [0.4, 0.5) is 13.2 Å². The second-order valence-electron chi connectivity index (χ2n) is 6.59. The van der Waals surface area contributed by atoms with E-state index >= 15 is 0 Å². The molecule has 0 unspecified atom stereocenters. The van der Waals surface area contributed by atoms with E-state index in [1.807, 2.05) is 0 Å². The van der Waals surface area contributed by atoms with Crippen LogP contribution in [0.25, 0.3) is 11.4 Å². The average Bonchev–Trinajstić information content (AvgIpc) is 3.29. The predicted molar refractivity (Wildman–Crippen MR) is 95.8 cm³/mol. The molecule has 0 N–H and O–H groups in total. The van der Waals surface area contributed by atoms with Gasteiger partial charge in [-0.1, -0.05) is 29.4 Å². The Morgan fingerprint density at radius 3 is 2.31 bits per heavy atom. The van der Waals surface area contributed by atoms with Gasteiger partial charge in [-0.15, -0.1) is 0 Å². The highest BCUT2D eigenvalue weighted by molar-refractivity contribution is 7.89. The highest BCUT2D eigenvalue weighted by Gasteiger charge is 2.38. The molecule has 3 rings (SSSR count). The van der Waals surface area contributed by atoms with E-state index in [1.165, 1.54) is 27.2 Å². The fourth-order valence-corrected chi connectivity index (χ4v) is 4.17. The molecular formula is C17H18F3N5O3S. The van der Waals surface area contributed by atoms with Crippen LogP contribution in [0.3, 0.4) is 0 Å². The molecule has 0 amide bonds. The number of aromatic nitrogens is 4. The Morgan fingerprint density at radius 1 is 1.17 bits per heavy atom. The third-order valence-electron chi connectivity index (χ3n) is 4.06. The van der Waals surface area contributed by atoms with E-state index in [-0.39, 0.29) is 23.4 Å². The summed E-state index contributed by atoms with van der Waals surface area (Å²) in [5, 5.41) is 7.24. The smallest absolute Gasteiger partial charge is 0.329 e. The van der Waals surface area contributed by atoms with Gasteiger partial charge < -0.3 is 4.52 Å². The van der Waals surface area contributed by atoms with Gasteiger partial charge in [-0.25, -0.2) is 8.42 Å². The van der Waals surface area contributed by atoms with Crippen LogP contribution in [0.5, 0.6) is 0 Å². The lowest BCUT2D eigenvalue weighted by Gasteiger charge is -2.25. The Labute approximate surface area is 165 Å². The molecule has 3 aromatic rings. The minimum atomic E-state index is -4.72. The number of sulfonamides is 1. The molecule has 1 aromatic carbocycles. The van der Waals surface area contributed by atoms with Crippen LogP contribution in [-0.2, 0) is 29.8 Å². The zero-order valence-corrected chi connectivity index (χ0v) is 16.6. The van der Waals surface area contributed by atoms with E-state index in [0.717, 1.165) is 0 Å². The maximum absolute atomic E-state index is 12.9. The number of nitrogens with zero attached hydrogens (tertiary/aromatic N) is 5. The van der Waals surface area contributed by atoms with Crippen LogP contribution in [0.1, 0.15) is 25.3 Å². The van der Waals surface area contributed by atoms with Gasteiger partial charge in [0.1, 0.15) is 0 Å². The third kappa shape index (κ3) is 4.48. The van der Waals surface area contributed by atoms with Crippen LogP contribution in [0, 0.1) is 0 Å². The SMILES string of the molecule is CC(C)N(Cc1ccc(-c2noc(C(F)(F)F)n2)cc1)S(=O)(=O)c1ccn(C)n1. The molecule has 0 saturated heterocycles. The lowest BCUT2D eigenvalue weighted by atomic mass is 10.1. The van der Waals surface area contributed by atoms with Gasteiger partial charge in [-0.3, -0.25) is 4.68 Å². The third-order valence-corrected chi connectivity index (χ3v) is 5.97. The summed E-state index contributed by atoms with van der Waals surface area (Å²) in [6.07, 6.45) is -3.18. The predicted octanol–water partition coefficient (Wildman–Crippen LogP) is 3.09. The van der Waals surface area contributed by atoms with E-state index in [9.17, 15) is 21.6 Å². The summed E-state index contributed by atoms with van der Waals surface area (Å²) >= 11 is 0. The molecule has 0 bridgehead atoms. The van der Waals surface area contributed by atoms with Gasteiger partial charge in [0.05, 0.1) is 0 Å². The molecule has 12 heteroatoms. The van der Waals surface area contributed by atoms with Crippen molar-refractivity contribution in [3.63, 3.8) is 0 Å². The van der Waals surface area contributed by atoms with Crippen molar-refractivity contribution in [3.8, 4) is 11.4 Å². The molecule has 0 aliphatic heterocycles. The molecule has 156 valence electrons. The number of hydrogen-bond donors (Lipinski definition) is 0. The largest absolute Gasteiger partial charge is 0.471 e. The molecule has 8 nitrogen and oxygen atoms in total. The second kappa shape index (κ2) is 7.59. The first-order chi connectivity index (χ1) is 13.5. The Hall–Kier alpha value is -2.73. The zero-order valence-electron chi connectivity index (χ0n) is 15.8. The van der Waals surface area contributed by atoms with E-state index in [1.54, 1.807) is 39.2 Å². The first-order valence-electron chi connectivity index (χ1n) is 8.50. The van der Waals surface area contributed by atoms with Crippen molar-refractivity contribution >= 4 is 10.0 Å². The van der Waals surface area contributed by atoms with Gasteiger partial charge in [0.2, 0.25) is 5.82 Å². The molecule has 29 heavy (non-hydrogen) atoms. The van der Waals surface area contributed by atoms with Crippen molar-refractivity contribution < 1.29 is 26.1 Å². The molecule has 0 saturated carbocycles. The van der Waals surface area contributed by atoms with Crippen LogP contribution < -0.4 is 0 Å². The molecule has 0 atom stereocenters. The standard InChI is InChI=1S/C17H18F3N5O3S/c1-11(2)25(29(26,27)14-8-9-24(3)22-14)10-12-4-6-13(7-5-12)15-21-16(28-23-15)17(18,19)20/h4-9,11H,10H2,1-3H3. The van der Waals surface area contributed by atoms with Gasteiger partial charge in [0.15, 0.2) is 5.03 Å². The molecule has 0 radical (unpaired) electrons. The van der Waals surface area contributed by atoms with E-state index in [2.05, 4.69) is 19.8 Å². The highest BCUT2D eigenvalue weighted by atomic mass is 32.2. The topological polar surface area (TPSA) is 94.1 Å². The highest BCUT2D eigenvalue weighted by Crippen LogP contribution is 2.29. The lowest BCUT2D eigenvalue weighted by molar-refractivity contribution is -0.159. The van der Waals surface area contributed by atoms with E-state index < -0.39 is 22.1 Å². The van der Waals surface area contributed by atoms with Gasteiger partial charge in [-0.05, 0) is 25.5 Å². The molecule has 0 fully saturated rings. The van der Waals surface area contributed by atoms with Crippen molar-refractivity contribution in [3.05, 3.63) is 48.0 Å². The van der Waals surface area contributed by atoms with Crippen LogP contribution in [0.15, 0.2) is 46.1 Å².